The number of H-pyrrole nitrogens is 2. The smallest absolute Gasteiger partial charge is 0.326 e. The Morgan fingerprint density at radius 1 is 1.50 bits per heavy atom. The minimum Gasteiger partial charge on any atom is -0.493 e. The Kier molecular flexibility index (Phi) is 1.81. The minimum atomic E-state index is -0.453. The number of rotatable bonds is 1. The molecule has 0 bridgehead atoms. The molecule has 1 aromatic rings. The zero-order valence-corrected chi connectivity index (χ0v) is 7.40. The number of hydrogen-bond donors (Lipinski definition) is 3. The molecule has 0 aliphatic carbocycles. The number of imidazole rings is 1. The van der Waals surface area contributed by atoms with Crippen LogP contribution < -0.4 is 5.69 Å². The fourth-order valence-corrected chi connectivity index (χ4v) is 1.11. The molecule has 0 radical (unpaired) electrons. The second-order valence-electron chi connectivity index (χ2n) is 2.83. The first-order chi connectivity index (χ1) is 6.66. The van der Waals surface area contributed by atoms with Crippen molar-refractivity contribution in [1.82, 2.24) is 9.97 Å². The van der Waals surface area contributed by atoms with E-state index in [4.69, 9.17) is 0 Å². The zero-order chi connectivity index (χ0) is 10.1. The van der Waals surface area contributed by atoms with E-state index in [0.717, 1.165) is 5.71 Å². The molecule has 0 spiro atoms. The number of aliphatic imine (C=N–C) groups is 2. The van der Waals surface area contributed by atoms with Crippen LogP contribution in [0.25, 0.3) is 6.08 Å². The summed E-state index contributed by atoms with van der Waals surface area (Å²) in [6, 6.07) is 0. The molecule has 0 amide bonds. The van der Waals surface area contributed by atoms with Gasteiger partial charge in [0.15, 0.2) is 0 Å². The molecule has 6 heteroatoms. The Morgan fingerprint density at radius 2 is 2.29 bits per heavy atom. The molecule has 0 saturated carbocycles. The van der Waals surface area contributed by atoms with Crippen molar-refractivity contribution in [3.8, 4) is 5.88 Å². The molecule has 1 aliphatic heterocycles. The summed E-state index contributed by atoms with van der Waals surface area (Å²) < 4.78 is 0. The molecule has 3 N–H and O–H groups in total. The molecule has 2 rings (SSSR count). The zero-order valence-electron chi connectivity index (χ0n) is 7.40. The van der Waals surface area contributed by atoms with Gasteiger partial charge in [0.2, 0.25) is 5.88 Å². The number of aromatic amines is 2. The number of nitrogens with zero attached hydrogens (tertiary/aromatic N) is 2. The van der Waals surface area contributed by atoms with Crippen LogP contribution in [0.3, 0.4) is 0 Å². The molecular weight excluding hydrogens is 184 g/mol. The van der Waals surface area contributed by atoms with E-state index in [1.807, 2.05) is 0 Å². The first kappa shape index (κ1) is 8.49. The van der Waals surface area contributed by atoms with Crippen LogP contribution >= 0.6 is 0 Å². The largest absolute Gasteiger partial charge is 0.493 e. The Morgan fingerprint density at radius 3 is 2.79 bits per heavy atom. The van der Waals surface area contributed by atoms with E-state index in [9.17, 15) is 9.90 Å². The number of nitrogens with one attached hydrogen (secondary N) is 2. The maximum absolute atomic E-state index is 10.8. The van der Waals surface area contributed by atoms with Crippen molar-refractivity contribution < 1.29 is 5.11 Å². The third kappa shape index (κ3) is 1.37. The van der Waals surface area contributed by atoms with Gasteiger partial charge in [-0.2, -0.15) is 0 Å². The van der Waals surface area contributed by atoms with Crippen LogP contribution in [0, 0.1) is 0 Å². The van der Waals surface area contributed by atoms with Gasteiger partial charge in [-0.3, -0.25) is 4.98 Å². The lowest BCUT2D eigenvalue weighted by atomic mass is 10.2. The number of allylic oxidation sites excluding steroid dienone is 1. The van der Waals surface area contributed by atoms with Gasteiger partial charge in [-0.25, -0.2) is 14.8 Å². The topological polar surface area (TPSA) is 93.6 Å². The second kappa shape index (κ2) is 2.99. The van der Waals surface area contributed by atoms with Gasteiger partial charge in [-0.1, -0.05) is 0 Å². The third-order valence-electron chi connectivity index (χ3n) is 1.84. The van der Waals surface area contributed by atoms with E-state index < -0.39 is 5.69 Å². The van der Waals surface area contributed by atoms with Gasteiger partial charge < -0.3 is 10.1 Å². The predicted molar refractivity (Wildman–Crippen MR) is 52.7 cm³/mol. The number of hydrogen-bond acceptors (Lipinski definition) is 4. The molecule has 1 aromatic heterocycles. The fourth-order valence-electron chi connectivity index (χ4n) is 1.11. The van der Waals surface area contributed by atoms with Gasteiger partial charge in [0.25, 0.3) is 0 Å². The third-order valence-corrected chi connectivity index (χ3v) is 1.84. The van der Waals surface area contributed by atoms with Crippen LogP contribution in [0.2, 0.25) is 0 Å². The van der Waals surface area contributed by atoms with E-state index in [1.54, 1.807) is 13.0 Å². The van der Waals surface area contributed by atoms with Crippen LogP contribution in [0.1, 0.15) is 12.6 Å². The molecule has 1 aliphatic rings. The van der Waals surface area contributed by atoms with Crippen LogP contribution in [0.15, 0.2) is 20.5 Å². The van der Waals surface area contributed by atoms with Crippen LogP contribution in [-0.4, -0.2) is 27.1 Å². The van der Waals surface area contributed by atoms with E-state index in [2.05, 4.69) is 20.0 Å². The van der Waals surface area contributed by atoms with Gasteiger partial charge in [0.05, 0.1) is 11.4 Å². The highest BCUT2D eigenvalue weighted by atomic mass is 16.3. The molecule has 72 valence electrons. The summed E-state index contributed by atoms with van der Waals surface area (Å²) in [6.07, 6.45) is 2.97. The Bertz CT molecular complexity index is 504. The Balaban J connectivity index is 2.43. The highest BCUT2D eigenvalue weighted by Crippen LogP contribution is 2.15. The first-order valence-corrected chi connectivity index (χ1v) is 3.97. The van der Waals surface area contributed by atoms with Crippen molar-refractivity contribution in [1.29, 1.82) is 0 Å². The normalized spacial score (nSPS) is 17.8. The van der Waals surface area contributed by atoms with Crippen molar-refractivity contribution >= 4 is 18.1 Å². The average Bonchev–Trinajstić information content (AvgIpc) is 2.62. The molecule has 0 atom stereocenters. The molecule has 2 heterocycles. The molecule has 0 unspecified atom stereocenters. The van der Waals surface area contributed by atoms with Crippen molar-refractivity contribution in [2.75, 3.05) is 0 Å². The quantitative estimate of drug-likeness (QED) is 0.595. The first-order valence-electron chi connectivity index (χ1n) is 3.97. The van der Waals surface area contributed by atoms with Gasteiger partial charge in [0, 0.05) is 0 Å². The summed E-state index contributed by atoms with van der Waals surface area (Å²) >= 11 is 0. The van der Waals surface area contributed by atoms with Crippen molar-refractivity contribution in [2.45, 2.75) is 6.92 Å². The van der Waals surface area contributed by atoms with Crippen molar-refractivity contribution in [2.24, 2.45) is 9.98 Å². The lowest BCUT2D eigenvalue weighted by Crippen LogP contribution is -2.00. The van der Waals surface area contributed by atoms with Crippen LogP contribution in [0.4, 0.5) is 0 Å². The van der Waals surface area contributed by atoms with E-state index in [0.29, 0.717) is 11.4 Å². The predicted octanol–water partition coefficient (Wildman–Crippen LogP) is 0.252. The monoisotopic (exact) mass is 192 g/mol. The van der Waals surface area contributed by atoms with Gasteiger partial charge in [0.1, 0.15) is 12.0 Å². The van der Waals surface area contributed by atoms with E-state index in [-0.39, 0.29) is 5.88 Å². The minimum absolute atomic E-state index is 0.197. The van der Waals surface area contributed by atoms with E-state index >= 15 is 0 Å². The highest BCUT2D eigenvalue weighted by Gasteiger charge is 2.08. The highest BCUT2D eigenvalue weighted by molar-refractivity contribution is 6.09. The molecule has 6 nitrogen and oxygen atoms in total. The maximum atomic E-state index is 10.8. The summed E-state index contributed by atoms with van der Waals surface area (Å²) in [5, 5.41) is 9.25. The fraction of sp³-hybridized carbons (Fsp3) is 0.125. The molecule has 0 fully saturated rings. The summed E-state index contributed by atoms with van der Waals surface area (Å²) in [5.74, 6) is -0.197. The summed E-state index contributed by atoms with van der Waals surface area (Å²) in [4.78, 5) is 23.3. The Hall–Kier alpha value is -2.11. The lowest BCUT2D eigenvalue weighted by Gasteiger charge is -1.92. The van der Waals surface area contributed by atoms with Gasteiger partial charge >= 0.3 is 5.69 Å². The SMILES string of the molecule is CC1=NC=NC1=Cc1[nH]c(=O)[nH]c1O. The second-order valence-corrected chi connectivity index (χ2v) is 2.83. The maximum Gasteiger partial charge on any atom is 0.326 e. The van der Waals surface area contributed by atoms with Crippen molar-refractivity contribution in [3.05, 3.63) is 21.9 Å². The molecular formula is C8H8N4O2. The van der Waals surface area contributed by atoms with Crippen LogP contribution in [0.5, 0.6) is 5.88 Å². The summed E-state index contributed by atoms with van der Waals surface area (Å²) in [5.41, 5.74) is 1.21. The molecule has 14 heavy (non-hydrogen) atoms. The summed E-state index contributed by atoms with van der Waals surface area (Å²) in [6.45, 7) is 1.79. The number of aromatic hydroxyl groups is 1. The number of aromatic nitrogens is 2. The average molecular weight is 192 g/mol. The lowest BCUT2D eigenvalue weighted by molar-refractivity contribution is 0.454. The summed E-state index contributed by atoms with van der Waals surface area (Å²) in [7, 11) is 0. The van der Waals surface area contributed by atoms with E-state index in [1.165, 1.54) is 6.34 Å². The van der Waals surface area contributed by atoms with Crippen LogP contribution in [-0.2, 0) is 0 Å². The van der Waals surface area contributed by atoms with Gasteiger partial charge in [-0.15, -0.1) is 0 Å². The van der Waals surface area contributed by atoms with Crippen molar-refractivity contribution in [3.63, 3.8) is 0 Å². The standard InChI is InChI=1S/C8H8N4O2/c1-4-5(10-3-9-4)2-6-7(13)12-8(14)11-6/h2-3,13H,1H3,(H2,11,12,14). The molecule has 0 saturated heterocycles. The molecule has 0 aromatic carbocycles. The Labute approximate surface area is 78.7 Å². The van der Waals surface area contributed by atoms with Gasteiger partial charge in [-0.05, 0) is 13.0 Å².